The Morgan fingerprint density at radius 2 is 1.55 bits per heavy atom. The lowest BCUT2D eigenvalue weighted by Gasteiger charge is -2.14. The molecule has 1 heterocycles. The number of hydrogen-bond donors (Lipinski definition) is 1. The number of anilines is 1. The predicted octanol–water partition coefficient (Wildman–Crippen LogP) is 5.16. The Labute approximate surface area is 185 Å². The zero-order chi connectivity index (χ0) is 22.2. The third-order valence-electron chi connectivity index (χ3n) is 5.34. The van der Waals surface area contributed by atoms with E-state index in [0.717, 1.165) is 41.8 Å². The van der Waals surface area contributed by atoms with Gasteiger partial charge < -0.3 is 19.7 Å². The molecule has 0 unspecified atom stereocenters. The van der Waals surface area contributed by atoms with Crippen molar-refractivity contribution >= 4 is 16.7 Å². The summed E-state index contributed by atoms with van der Waals surface area (Å²) in [5, 5.41) is 4.47. The molecular weight excluding hydrogens is 388 g/mol. The van der Waals surface area contributed by atoms with Gasteiger partial charge in [0.15, 0.2) is 17.3 Å². The zero-order valence-electron chi connectivity index (χ0n) is 19.4. The molecule has 0 saturated heterocycles. The lowest BCUT2D eigenvalue weighted by Crippen LogP contribution is -2.12. The number of ether oxygens (including phenoxy) is 2. The molecule has 0 aliphatic heterocycles. The minimum absolute atomic E-state index is 0.662. The SMILES string of the molecule is COc1cc2nc(-c3ccc(C)cc3)nc(NCCCCCCN(C)C)c2cc1OC. The van der Waals surface area contributed by atoms with Crippen LogP contribution in [0.25, 0.3) is 22.3 Å². The summed E-state index contributed by atoms with van der Waals surface area (Å²) in [4.78, 5) is 11.9. The fourth-order valence-corrected chi connectivity index (χ4v) is 3.54. The minimum atomic E-state index is 0.662. The average molecular weight is 423 g/mol. The molecule has 0 atom stereocenters. The molecule has 1 N–H and O–H groups in total. The van der Waals surface area contributed by atoms with Gasteiger partial charge in [-0.3, -0.25) is 0 Å². The Bertz CT molecular complexity index is 987. The van der Waals surface area contributed by atoms with Crippen molar-refractivity contribution in [3.63, 3.8) is 0 Å². The van der Waals surface area contributed by atoms with E-state index in [1.165, 1.54) is 24.8 Å². The number of rotatable bonds is 11. The Kier molecular flexibility index (Phi) is 8.06. The number of hydrogen-bond acceptors (Lipinski definition) is 6. The third-order valence-corrected chi connectivity index (χ3v) is 5.34. The van der Waals surface area contributed by atoms with E-state index >= 15 is 0 Å². The normalized spacial score (nSPS) is 11.2. The molecule has 6 nitrogen and oxygen atoms in total. The Morgan fingerprint density at radius 3 is 2.23 bits per heavy atom. The molecule has 3 rings (SSSR count). The fourth-order valence-electron chi connectivity index (χ4n) is 3.54. The lowest BCUT2D eigenvalue weighted by molar-refractivity contribution is 0.356. The third kappa shape index (κ3) is 6.07. The molecule has 2 aromatic carbocycles. The van der Waals surface area contributed by atoms with E-state index in [2.05, 4.69) is 55.5 Å². The van der Waals surface area contributed by atoms with Crippen molar-refractivity contribution in [3.8, 4) is 22.9 Å². The van der Waals surface area contributed by atoms with Crippen LogP contribution in [0.5, 0.6) is 11.5 Å². The highest BCUT2D eigenvalue weighted by Gasteiger charge is 2.14. The molecule has 3 aromatic rings. The quantitative estimate of drug-likeness (QED) is 0.431. The summed E-state index contributed by atoms with van der Waals surface area (Å²) in [7, 11) is 7.53. The van der Waals surface area contributed by atoms with Crippen LogP contribution < -0.4 is 14.8 Å². The number of methoxy groups -OCH3 is 2. The first-order valence-electron chi connectivity index (χ1n) is 10.9. The summed E-state index contributed by atoms with van der Waals surface area (Å²) in [5.74, 6) is 2.87. The number of aryl methyl sites for hydroxylation is 1. The number of nitrogens with zero attached hydrogens (tertiary/aromatic N) is 3. The van der Waals surface area contributed by atoms with Crippen LogP contribution in [0, 0.1) is 6.92 Å². The van der Waals surface area contributed by atoms with E-state index in [0.29, 0.717) is 17.3 Å². The predicted molar refractivity (Wildman–Crippen MR) is 128 cm³/mol. The first kappa shape index (κ1) is 22.8. The summed E-state index contributed by atoms with van der Waals surface area (Å²) in [6, 6.07) is 12.2. The number of aromatic nitrogens is 2. The van der Waals surface area contributed by atoms with E-state index in [1.54, 1.807) is 14.2 Å². The summed E-state index contributed by atoms with van der Waals surface area (Å²) < 4.78 is 11.0. The average Bonchev–Trinajstić information content (AvgIpc) is 2.77. The lowest BCUT2D eigenvalue weighted by atomic mass is 10.1. The van der Waals surface area contributed by atoms with Crippen molar-refractivity contribution in [3.05, 3.63) is 42.0 Å². The summed E-state index contributed by atoms with van der Waals surface area (Å²) in [5.41, 5.74) is 3.04. The smallest absolute Gasteiger partial charge is 0.162 e. The van der Waals surface area contributed by atoms with Gasteiger partial charge in [0, 0.05) is 23.6 Å². The monoisotopic (exact) mass is 422 g/mol. The minimum Gasteiger partial charge on any atom is -0.493 e. The van der Waals surface area contributed by atoms with E-state index in [-0.39, 0.29) is 0 Å². The molecular formula is C25H34N4O2. The van der Waals surface area contributed by atoms with Gasteiger partial charge in [0.2, 0.25) is 0 Å². The first-order chi connectivity index (χ1) is 15.0. The summed E-state index contributed by atoms with van der Waals surface area (Å²) in [6.45, 7) is 4.09. The standard InChI is InChI=1S/C25H34N4O2/c1-18-10-12-19(13-11-18)24-27-21-17-23(31-5)22(30-4)16-20(21)25(28-24)26-14-8-6-7-9-15-29(2)3/h10-13,16-17H,6-9,14-15H2,1-5H3,(H,26,27,28). The highest BCUT2D eigenvalue weighted by Crippen LogP contribution is 2.35. The largest absolute Gasteiger partial charge is 0.493 e. The molecule has 0 aliphatic carbocycles. The fraction of sp³-hybridized carbons (Fsp3) is 0.440. The summed E-state index contributed by atoms with van der Waals surface area (Å²) >= 11 is 0. The van der Waals surface area contributed by atoms with Crippen molar-refractivity contribution < 1.29 is 9.47 Å². The topological polar surface area (TPSA) is 59.5 Å². The van der Waals surface area contributed by atoms with Crippen LogP contribution in [-0.2, 0) is 0 Å². The Hall–Kier alpha value is -2.86. The van der Waals surface area contributed by atoms with Gasteiger partial charge in [0.25, 0.3) is 0 Å². The molecule has 0 aliphatic rings. The Morgan fingerprint density at radius 1 is 0.871 bits per heavy atom. The number of nitrogens with one attached hydrogen (secondary N) is 1. The van der Waals surface area contributed by atoms with E-state index in [9.17, 15) is 0 Å². The molecule has 6 heteroatoms. The zero-order valence-corrected chi connectivity index (χ0v) is 19.4. The molecule has 0 saturated carbocycles. The number of benzene rings is 2. The molecule has 0 bridgehead atoms. The van der Waals surface area contributed by atoms with Crippen molar-refractivity contribution in [1.82, 2.24) is 14.9 Å². The summed E-state index contributed by atoms with van der Waals surface area (Å²) in [6.07, 6.45) is 4.78. The van der Waals surface area contributed by atoms with Crippen LogP contribution in [0.2, 0.25) is 0 Å². The van der Waals surface area contributed by atoms with E-state index in [1.807, 2.05) is 12.1 Å². The molecule has 0 spiro atoms. The van der Waals surface area contributed by atoms with Crippen LogP contribution in [0.1, 0.15) is 31.2 Å². The highest BCUT2D eigenvalue weighted by atomic mass is 16.5. The van der Waals surface area contributed by atoms with Gasteiger partial charge in [0.1, 0.15) is 5.82 Å². The van der Waals surface area contributed by atoms with Crippen LogP contribution in [0.4, 0.5) is 5.82 Å². The highest BCUT2D eigenvalue weighted by molar-refractivity contribution is 5.93. The molecule has 1 aromatic heterocycles. The maximum absolute atomic E-state index is 5.50. The molecule has 0 fully saturated rings. The Balaban J connectivity index is 1.84. The first-order valence-corrected chi connectivity index (χ1v) is 10.9. The number of unbranched alkanes of at least 4 members (excludes halogenated alkanes) is 3. The van der Waals surface area contributed by atoms with Crippen LogP contribution >= 0.6 is 0 Å². The van der Waals surface area contributed by atoms with Crippen LogP contribution in [-0.4, -0.2) is 56.3 Å². The van der Waals surface area contributed by atoms with Gasteiger partial charge in [-0.05, 0) is 46.5 Å². The second kappa shape index (κ2) is 11.0. The number of fused-ring (bicyclic) bond motifs is 1. The van der Waals surface area contributed by atoms with Gasteiger partial charge in [0.05, 0.1) is 19.7 Å². The van der Waals surface area contributed by atoms with Crippen molar-refractivity contribution in [1.29, 1.82) is 0 Å². The van der Waals surface area contributed by atoms with Gasteiger partial charge in [-0.1, -0.05) is 42.7 Å². The molecule has 0 amide bonds. The van der Waals surface area contributed by atoms with Gasteiger partial charge in [-0.2, -0.15) is 0 Å². The van der Waals surface area contributed by atoms with Crippen molar-refractivity contribution in [2.75, 3.05) is 46.7 Å². The van der Waals surface area contributed by atoms with E-state index < -0.39 is 0 Å². The second-order valence-corrected chi connectivity index (χ2v) is 8.13. The van der Waals surface area contributed by atoms with Gasteiger partial charge in [-0.25, -0.2) is 9.97 Å². The van der Waals surface area contributed by atoms with Crippen molar-refractivity contribution in [2.45, 2.75) is 32.6 Å². The maximum Gasteiger partial charge on any atom is 0.162 e. The molecule has 166 valence electrons. The van der Waals surface area contributed by atoms with Gasteiger partial charge in [-0.15, -0.1) is 0 Å². The second-order valence-electron chi connectivity index (χ2n) is 8.13. The molecule has 31 heavy (non-hydrogen) atoms. The van der Waals surface area contributed by atoms with Crippen molar-refractivity contribution in [2.24, 2.45) is 0 Å². The van der Waals surface area contributed by atoms with Crippen LogP contribution in [0.3, 0.4) is 0 Å². The molecule has 0 radical (unpaired) electrons. The maximum atomic E-state index is 5.50. The van der Waals surface area contributed by atoms with E-state index in [4.69, 9.17) is 19.4 Å². The van der Waals surface area contributed by atoms with Gasteiger partial charge >= 0.3 is 0 Å². The van der Waals surface area contributed by atoms with Crippen LogP contribution in [0.15, 0.2) is 36.4 Å².